The van der Waals surface area contributed by atoms with Crippen molar-refractivity contribution in [3.05, 3.63) is 24.8 Å². The summed E-state index contributed by atoms with van der Waals surface area (Å²) in [7, 11) is 0. The number of nitrogens with zero attached hydrogens (tertiary/aromatic N) is 1. The van der Waals surface area contributed by atoms with E-state index in [0.717, 1.165) is 12.8 Å². The van der Waals surface area contributed by atoms with Crippen LogP contribution in [0.15, 0.2) is 24.8 Å². The average molecular weight is 153 g/mol. The van der Waals surface area contributed by atoms with E-state index in [1.165, 1.54) is 0 Å². The second kappa shape index (κ2) is 7.06. The fourth-order valence-corrected chi connectivity index (χ4v) is 0.703. The molecule has 11 heavy (non-hydrogen) atoms. The van der Waals surface area contributed by atoms with Gasteiger partial charge >= 0.3 is 0 Å². The molecular formula is C9H15NO. The standard InChI is InChI=1S/C9H15NO/c1-3-5-6-8-10(9-11)7-4-2/h4-6,9H,2-3,7-8H2,1H3/b6-5+. The van der Waals surface area contributed by atoms with Gasteiger partial charge in [-0.1, -0.05) is 25.2 Å². The Morgan fingerprint density at radius 3 is 2.55 bits per heavy atom. The molecule has 0 atom stereocenters. The van der Waals surface area contributed by atoms with Crippen LogP contribution in [-0.4, -0.2) is 24.4 Å². The minimum absolute atomic E-state index is 0.623. The van der Waals surface area contributed by atoms with E-state index in [1.807, 2.05) is 12.2 Å². The summed E-state index contributed by atoms with van der Waals surface area (Å²) in [6.07, 6.45) is 7.59. The second-order valence-corrected chi connectivity index (χ2v) is 2.23. The van der Waals surface area contributed by atoms with Crippen LogP contribution in [0.25, 0.3) is 0 Å². The van der Waals surface area contributed by atoms with E-state index in [0.29, 0.717) is 13.1 Å². The molecule has 0 aliphatic rings. The lowest BCUT2D eigenvalue weighted by Gasteiger charge is -2.10. The van der Waals surface area contributed by atoms with Crippen molar-refractivity contribution in [2.75, 3.05) is 13.1 Å². The highest BCUT2D eigenvalue weighted by Crippen LogP contribution is 1.86. The summed E-state index contributed by atoms with van der Waals surface area (Å²) in [5.74, 6) is 0. The van der Waals surface area contributed by atoms with Crippen LogP contribution in [0.2, 0.25) is 0 Å². The Morgan fingerprint density at radius 2 is 2.09 bits per heavy atom. The highest BCUT2D eigenvalue weighted by molar-refractivity contribution is 5.47. The molecular weight excluding hydrogens is 138 g/mol. The van der Waals surface area contributed by atoms with Crippen molar-refractivity contribution < 1.29 is 4.79 Å². The quantitative estimate of drug-likeness (QED) is 0.419. The van der Waals surface area contributed by atoms with Gasteiger partial charge in [0.25, 0.3) is 0 Å². The summed E-state index contributed by atoms with van der Waals surface area (Å²) in [5.41, 5.74) is 0. The number of rotatable bonds is 6. The molecule has 0 saturated carbocycles. The van der Waals surface area contributed by atoms with Gasteiger partial charge in [-0.15, -0.1) is 6.58 Å². The number of hydrogen-bond donors (Lipinski definition) is 0. The normalized spacial score (nSPS) is 9.91. The van der Waals surface area contributed by atoms with Crippen LogP contribution in [0, 0.1) is 0 Å². The molecule has 1 amide bonds. The number of hydrogen-bond acceptors (Lipinski definition) is 1. The van der Waals surface area contributed by atoms with Crippen molar-refractivity contribution >= 4 is 6.41 Å². The molecule has 0 bridgehead atoms. The first-order valence-corrected chi connectivity index (χ1v) is 3.80. The first kappa shape index (κ1) is 9.95. The lowest BCUT2D eigenvalue weighted by molar-refractivity contribution is -0.117. The molecule has 0 aliphatic carbocycles. The molecule has 0 aliphatic heterocycles. The smallest absolute Gasteiger partial charge is 0.210 e. The van der Waals surface area contributed by atoms with Crippen LogP contribution in [0.5, 0.6) is 0 Å². The summed E-state index contributed by atoms with van der Waals surface area (Å²) >= 11 is 0. The van der Waals surface area contributed by atoms with Crippen LogP contribution in [-0.2, 0) is 4.79 Å². The van der Waals surface area contributed by atoms with Crippen LogP contribution in [0.4, 0.5) is 0 Å². The summed E-state index contributed by atoms with van der Waals surface area (Å²) in [5, 5.41) is 0. The third kappa shape index (κ3) is 5.40. The van der Waals surface area contributed by atoms with Crippen molar-refractivity contribution in [1.82, 2.24) is 4.90 Å². The monoisotopic (exact) mass is 153 g/mol. The highest BCUT2D eigenvalue weighted by atomic mass is 16.1. The van der Waals surface area contributed by atoms with Gasteiger partial charge in [0.2, 0.25) is 6.41 Å². The Hall–Kier alpha value is -1.05. The lowest BCUT2D eigenvalue weighted by atomic mass is 10.4. The third-order valence-corrected chi connectivity index (χ3v) is 1.25. The van der Waals surface area contributed by atoms with Gasteiger partial charge < -0.3 is 4.90 Å². The summed E-state index contributed by atoms with van der Waals surface area (Å²) in [6.45, 7) is 6.92. The minimum atomic E-state index is 0.623. The van der Waals surface area contributed by atoms with Crippen molar-refractivity contribution in [3.63, 3.8) is 0 Å². The summed E-state index contributed by atoms with van der Waals surface area (Å²) < 4.78 is 0. The van der Waals surface area contributed by atoms with E-state index in [4.69, 9.17) is 0 Å². The highest BCUT2D eigenvalue weighted by Gasteiger charge is 1.92. The first-order chi connectivity index (χ1) is 5.35. The largest absolute Gasteiger partial charge is 0.338 e. The third-order valence-electron chi connectivity index (χ3n) is 1.25. The molecule has 2 nitrogen and oxygen atoms in total. The van der Waals surface area contributed by atoms with Gasteiger partial charge in [0, 0.05) is 13.1 Å². The average Bonchev–Trinajstić information content (AvgIpc) is 2.03. The van der Waals surface area contributed by atoms with Crippen LogP contribution < -0.4 is 0 Å². The molecule has 0 aromatic heterocycles. The van der Waals surface area contributed by atoms with Gasteiger partial charge in [-0.2, -0.15) is 0 Å². The molecule has 0 heterocycles. The Labute approximate surface area is 68.2 Å². The van der Waals surface area contributed by atoms with Crippen LogP contribution in [0.3, 0.4) is 0 Å². The zero-order valence-electron chi connectivity index (χ0n) is 6.99. The molecule has 2 heteroatoms. The van der Waals surface area contributed by atoms with E-state index in [1.54, 1.807) is 11.0 Å². The van der Waals surface area contributed by atoms with Crippen molar-refractivity contribution in [2.45, 2.75) is 13.3 Å². The van der Waals surface area contributed by atoms with E-state index in [9.17, 15) is 4.79 Å². The van der Waals surface area contributed by atoms with Crippen molar-refractivity contribution in [1.29, 1.82) is 0 Å². The molecule has 0 unspecified atom stereocenters. The van der Waals surface area contributed by atoms with Gasteiger partial charge in [0.05, 0.1) is 0 Å². The molecule has 62 valence electrons. The van der Waals surface area contributed by atoms with Gasteiger partial charge in [-0.3, -0.25) is 4.79 Å². The summed E-state index contributed by atoms with van der Waals surface area (Å²) in [4.78, 5) is 12.0. The van der Waals surface area contributed by atoms with E-state index < -0.39 is 0 Å². The van der Waals surface area contributed by atoms with Gasteiger partial charge in [-0.25, -0.2) is 0 Å². The van der Waals surface area contributed by atoms with Gasteiger partial charge in [0.1, 0.15) is 0 Å². The second-order valence-electron chi connectivity index (χ2n) is 2.23. The van der Waals surface area contributed by atoms with Crippen LogP contribution in [0.1, 0.15) is 13.3 Å². The SMILES string of the molecule is C=CCN(C=O)C/C=C/CC. The lowest BCUT2D eigenvalue weighted by Crippen LogP contribution is -2.21. The van der Waals surface area contributed by atoms with Crippen molar-refractivity contribution in [3.8, 4) is 0 Å². The van der Waals surface area contributed by atoms with E-state index in [2.05, 4.69) is 13.5 Å². The number of allylic oxidation sites excluding steroid dienone is 1. The molecule has 0 rings (SSSR count). The predicted octanol–water partition coefficient (Wildman–Crippen LogP) is 1.60. The summed E-state index contributed by atoms with van der Waals surface area (Å²) in [6, 6.07) is 0. The zero-order chi connectivity index (χ0) is 8.53. The van der Waals surface area contributed by atoms with Crippen LogP contribution >= 0.6 is 0 Å². The maximum atomic E-state index is 10.3. The molecule has 0 spiro atoms. The molecule has 0 N–H and O–H groups in total. The Morgan fingerprint density at radius 1 is 1.36 bits per heavy atom. The van der Waals surface area contributed by atoms with Gasteiger partial charge in [0.15, 0.2) is 0 Å². The number of amides is 1. The minimum Gasteiger partial charge on any atom is -0.338 e. The topological polar surface area (TPSA) is 20.3 Å². The van der Waals surface area contributed by atoms with Crippen molar-refractivity contribution in [2.24, 2.45) is 0 Å². The first-order valence-electron chi connectivity index (χ1n) is 3.80. The predicted molar refractivity (Wildman–Crippen MR) is 47.3 cm³/mol. The Bertz CT molecular complexity index is 140. The Balaban J connectivity index is 3.59. The molecule has 0 saturated heterocycles. The fourth-order valence-electron chi connectivity index (χ4n) is 0.703. The van der Waals surface area contributed by atoms with E-state index >= 15 is 0 Å². The molecule has 0 radical (unpaired) electrons. The van der Waals surface area contributed by atoms with Gasteiger partial charge in [-0.05, 0) is 6.42 Å². The molecule has 0 fully saturated rings. The number of carbonyl (C=O) groups is 1. The maximum Gasteiger partial charge on any atom is 0.210 e. The van der Waals surface area contributed by atoms with E-state index in [-0.39, 0.29) is 0 Å². The number of carbonyl (C=O) groups excluding carboxylic acids is 1. The maximum absolute atomic E-state index is 10.3. The molecule has 0 aromatic carbocycles. The zero-order valence-corrected chi connectivity index (χ0v) is 6.99. The fraction of sp³-hybridized carbons (Fsp3) is 0.444. The molecule has 0 aromatic rings. The Kier molecular flexibility index (Phi) is 6.39.